The van der Waals surface area contributed by atoms with Crippen molar-refractivity contribution in [2.75, 3.05) is 12.5 Å². The summed E-state index contributed by atoms with van der Waals surface area (Å²) < 4.78 is 9.09. The maximum absolute atomic E-state index is 11.1. The van der Waals surface area contributed by atoms with E-state index in [1.807, 2.05) is 30.3 Å². The summed E-state index contributed by atoms with van der Waals surface area (Å²) in [4.78, 5) is 22.7. The lowest BCUT2D eigenvalue weighted by Crippen LogP contribution is -2.08. The Morgan fingerprint density at radius 3 is 2.61 bits per heavy atom. The van der Waals surface area contributed by atoms with Gasteiger partial charge in [0.2, 0.25) is 6.79 Å². The summed E-state index contributed by atoms with van der Waals surface area (Å²) in [5.74, 6) is -0.330. The molecule has 0 aliphatic rings. The number of carbonyl (C=O) groups excluding carboxylic acids is 2. The average Bonchev–Trinajstić information content (AvgIpc) is 2.35. The Bertz CT molecular complexity index is 414. The van der Waals surface area contributed by atoms with Crippen LogP contribution in [0.3, 0.4) is 0 Å². The van der Waals surface area contributed by atoms with Crippen molar-refractivity contribution in [3.8, 4) is 0 Å². The highest BCUT2D eigenvalue weighted by Crippen LogP contribution is 2.16. The van der Waals surface area contributed by atoms with Gasteiger partial charge in [0.25, 0.3) is 0 Å². The van der Waals surface area contributed by atoms with Gasteiger partial charge in [-0.3, -0.25) is 4.79 Å². The first-order valence-corrected chi connectivity index (χ1v) is 6.31. The third-order valence-corrected chi connectivity index (χ3v) is 2.77. The molecule has 1 aromatic rings. The topological polar surface area (TPSA) is 52.6 Å². The molecule has 0 bridgehead atoms. The molecular weight excluding hydrogens is 252 g/mol. The first kappa shape index (κ1) is 14.3. The Morgan fingerprint density at radius 2 is 1.94 bits per heavy atom. The van der Waals surface area contributed by atoms with Gasteiger partial charge >= 0.3 is 11.9 Å². The quantitative estimate of drug-likeness (QED) is 0.342. The number of carbonyl (C=O) groups is 2. The molecule has 4 nitrogen and oxygen atoms in total. The molecule has 0 heterocycles. The maximum atomic E-state index is 11.1. The fourth-order valence-corrected chi connectivity index (χ4v) is 1.76. The molecule has 0 aromatic heterocycles. The van der Waals surface area contributed by atoms with E-state index < -0.39 is 11.9 Å². The lowest BCUT2D eigenvalue weighted by atomic mass is 10.4. The average molecular weight is 266 g/mol. The van der Waals surface area contributed by atoms with Crippen molar-refractivity contribution in [2.45, 2.75) is 11.8 Å². The first-order valence-electron chi connectivity index (χ1n) is 5.33. The van der Waals surface area contributed by atoms with Gasteiger partial charge in [-0.25, -0.2) is 4.79 Å². The fourth-order valence-electron chi connectivity index (χ4n) is 1.02. The first-order chi connectivity index (χ1) is 8.68. The van der Waals surface area contributed by atoms with Crippen LogP contribution in [0.2, 0.25) is 0 Å². The van der Waals surface area contributed by atoms with Crippen LogP contribution in [0.15, 0.2) is 47.4 Å². The molecule has 5 heteroatoms. The summed E-state index contributed by atoms with van der Waals surface area (Å²) in [6.45, 7) is 0.907. The van der Waals surface area contributed by atoms with Crippen LogP contribution in [0.5, 0.6) is 0 Å². The van der Waals surface area contributed by atoms with E-state index in [0.717, 1.165) is 4.90 Å². The molecule has 0 aliphatic carbocycles. The number of esters is 2. The second kappa shape index (κ2) is 8.36. The summed E-state index contributed by atoms with van der Waals surface area (Å²) in [7, 11) is 0. The van der Waals surface area contributed by atoms with Crippen molar-refractivity contribution in [1.29, 1.82) is 0 Å². The van der Waals surface area contributed by atoms with Gasteiger partial charge in [-0.15, -0.1) is 11.8 Å². The highest BCUT2D eigenvalue weighted by atomic mass is 32.2. The van der Waals surface area contributed by atoms with Gasteiger partial charge in [-0.05, 0) is 12.1 Å². The second-order valence-corrected chi connectivity index (χ2v) is 4.34. The molecule has 18 heavy (non-hydrogen) atoms. The number of rotatable bonds is 6. The predicted molar refractivity (Wildman–Crippen MR) is 69.0 cm³/mol. The van der Waals surface area contributed by atoms with Crippen molar-refractivity contribution in [3.63, 3.8) is 0 Å². The molecule has 0 aliphatic heterocycles. The molecule has 0 saturated carbocycles. The highest BCUT2D eigenvalue weighted by Gasteiger charge is 1.98. The van der Waals surface area contributed by atoms with Crippen LogP contribution in [0.25, 0.3) is 0 Å². The van der Waals surface area contributed by atoms with Gasteiger partial charge in [-0.1, -0.05) is 24.3 Å². The standard InChI is InChI=1S/C13H14O4S/c1-11(14)16-10-17-13(15)8-5-9-18-12-6-3-2-4-7-12/h2-8H,9-10H2,1H3/b8-5+. The van der Waals surface area contributed by atoms with Crippen molar-refractivity contribution in [2.24, 2.45) is 0 Å². The number of hydrogen-bond donors (Lipinski definition) is 0. The molecule has 1 rings (SSSR count). The second-order valence-electron chi connectivity index (χ2n) is 3.24. The number of benzene rings is 1. The molecule has 0 radical (unpaired) electrons. The lowest BCUT2D eigenvalue weighted by molar-refractivity contribution is -0.162. The van der Waals surface area contributed by atoms with Crippen LogP contribution in [-0.4, -0.2) is 24.5 Å². The summed E-state index contributed by atoms with van der Waals surface area (Å²) >= 11 is 1.61. The SMILES string of the molecule is CC(=O)OCOC(=O)/C=C/CSc1ccccc1. The molecule has 0 spiro atoms. The monoisotopic (exact) mass is 266 g/mol. The van der Waals surface area contributed by atoms with Gasteiger partial charge in [0.15, 0.2) is 0 Å². The van der Waals surface area contributed by atoms with E-state index in [-0.39, 0.29) is 6.79 Å². The molecule has 0 fully saturated rings. The van der Waals surface area contributed by atoms with E-state index in [9.17, 15) is 9.59 Å². The summed E-state index contributed by atoms with van der Waals surface area (Å²) in [6, 6.07) is 9.86. The smallest absolute Gasteiger partial charge is 0.333 e. The van der Waals surface area contributed by atoms with Crippen LogP contribution in [0.4, 0.5) is 0 Å². The summed E-state index contributed by atoms with van der Waals surface area (Å²) in [5.41, 5.74) is 0. The largest absolute Gasteiger partial charge is 0.428 e. The number of thioether (sulfide) groups is 1. The Balaban J connectivity index is 2.16. The van der Waals surface area contributed by atoms with E-state index in [1.54, 1.807) is 17.8 Å². The molecule has 0 saturated heterocycles. The lowest BCUT2D eigenvalue weighted by Gasteiger charge is -2.01. The van der Waals surface area contributed by atoms with Gasteiger partial charge in [0.05, 0.1) is 0 Å². The molecule has 0 N–H and O–H groups in total. The highest BCUT2D eigenvalue weighted by molar-refractivity contribution is 7.99. The predicted octanol–water partition coefficient (Wildman–Crippen LogP) is 2.40. The molecule has 96 valence electrons. The van der Waals surface area contributed by atoms with E-state index in [2.05, 4.69) is 9.47 Å². The van der Waals surface area contributed by atoms with Crippen molar-refractivity contribution < 1.29 is 19.1 Å². The van der Waals surface area contributed by atoms with Gasteiger partial charge in [-0.2, -0.15) is 0 Å². The van der Waals surface area contributed by atoms with Crippen molar-refractivity contribution in [3.05, 3.63) is 42.5 Å². The molecule has 1 aromatic carbocycles. The fraction of sp³-hybridized carbons (Fsp3) is 0.231. The minimum absolute atomic E-state index is 0.343. The van der Waals surface area contributed by atoms with Crippen LogP contribution in [-0.2, 0) is 19.1 Å². The molecule has 0 unspecified atom stereocenters. The third kappa shape index (κ3) is 6.75. The number of hydrogen-bond acceptors (Lipinski definition) is 5. The normalized spacial score (nSPS) is 10.3. The van der Waals surface area contributed by atoms with Gasteiger partial charge in [0.1, 0.15) is 0 Å². The van der Waals surface area contributed by atoms with Crippen LogP contribution >= 0.6 is 11.8 Å². The van der Waals surface area contributed by atoms with E-state index >= 15 is 0 Å². The Labute approximate surface area is 110 Å². The Kier molecular flexibility index (Phi) is 6.64. The zero-order valence-corrected chi connectivity index (χ0v) is 10.8. The van der Waals surface area contributed by atoms with Crippen LogP contribution in [0.1, 0.15) is 6.92 Å². The number of ether oxygens (including phenoxy) is 2. The molecule has 0 atom stereocenters. The van der Waals surface area contributed by atoms with Crippen molar-refractivity contribution >= 4 is 23.7 Å². The molecule has 0 amide bonds. The Hall–Kier alpha value is -1.75. The van der Waals surface area contributed by atoms with E-state index in [4.69, 9.17) is 0 Å². The maximum Gasteiger partial charge on any atom is 0.333 e. The summed E-state index contributed by atoms with van der Waals surface area (Å²) in [5, 5.41) is 0. The van der Waals surface area contributed by atoms with Gasteiger partial charge < -0.3 is 9.47 Å². The van der Waals surface area contributed by atoms with Crippen LogP contribution < -0.4 is 0 Å². The summed E-state index contributed by atoms with van der Waals surface area (Å²) in [6.07, 6.45) is 3.02. The minimum atomic E-state index is -0.523. The Morgan fingerprint density at radius 1 is 1.22 bits per heavy atom. The zero-order chi connectivity index (χ0) is 13.2. The minimum Gasteiger partial charge on any atom is -0.428 e. The van der Waals surface area contributed by atoms with E-state index in [1.165, 1.54) is 13.0 Å². The molecular formula is C13H14O4S. The van der Waals surface area contributed by atoms with Gasteiger partial charge in [0, 0.05) is 23.6 Å². The van der Waals surface area contributed by atoms with Crippen molar-refractivity contribution in [1.82, 2.24) is 0 Å². The van der Waals surface area contributed by atoms with E-state index in [0.29, 0.717) is 5.75 Å². The third-order valence-electron chi connectivity index (χ3n) is 1.81. The zero-order valence-electron chi connectivity index (χ0n) is 10.00. The van der Waals surface area contributed by atoms with Crippen LogP contribution in [0, 0.1) is 0 Å².